The van der Waals surface area contributed by atoms with Crippen LogP contribution in [0, 0.1) is 6.92 Å². The predicted octanol–water partition coefficient (Wildman–Crippen LogP) is 4.79. The van der Waals surface area contributed by atoms with Gasteiger partial charge < -0.3 is 4.43 Å². The molecule has 0 N–H and O–H groups in total. The van der Waals surface area contributed by atoms with Gasteiger partial charge in [-0.25, -0.2) is 0 Å². The highest BCUT2D eigenvalue weighted by Crippen LogP contribution is 2.27. The largest absolute Gasteiger partial charge is 0.417 e. The van der Waals surface area contributed by atoms with Crippen LogP contribution in [0.5, 0.6) is 0 Å². The second-order valence-corrected chi connectivity index (χ2v) is 8.64. The molecular weight excluding hydrogens is 200 g/mol. The minimum Gasteiger partial charge on any atom is -0.417 e. The van der Waals surface area contributed by atoms with E-state index in [0.717, 1.165) is 19.4 Å². The predicted molar refractivity (Wildman–Crippen MR) is 71.6 cm³/mol. The minimum atomic E-state index is -1.36. The number of rotatable bonds is 10. The molecule has 2 heteroatoms. The van der Waals surface area contributed by atoms with Crippen molar-refractivity contribution >= 4 is 8.32 Å². The molecule has 0 aliphatic carbocycles. The Morgan fingerprint density at radius 3 is 1.73 bits per heavy atom. The Kier molecular flexibility index (Phi) is 9.52. The number of hydrogen-bond donors (Lipinski definition) is 0. The van der Waals surface area contributed by atoms with Crippen LogP contribution in [0.3, 0.4) is 0 Å². The van der Waals surface area contributed by atoms with E-state index < -0.39 is 8.32 Å². The van der Waals surface area contributed by atoms with Crippen molar-refractivity contribution in [2.75, 3.05) is 6.61 Å². The molecule has 0 saturated heterocycles. The van der Waals surface area contributed by atoms with Crippen molar-refractivity contribution in [3.63, 3.8) is 0 Å². The Hall–Kier alpha value is 0.177. The van der Waals surface area contributed by atoms with Gasteiger partial charge in [0.25, 0.3) is 0 Å². The zero-order valence-corrected chi connectivity index (χ0v) is 12.0. The molecule has 0 aliphatic rings. The van der Waals surface area contributed by atoms with E-state index in [2.05, 4.69) is 27.7 Å². The first kappa shape index (κ1) is 15.2. The van der Waals surface area contributed by atoms with Gasteiger partial charge in [0.2, 0.25) is 0 Å². The summed E-state index contributed by atoms with van der Waals surface area (Å²) in [4.78, 5) is 0. The maximum atomic E-state index is 6.29. The summed E-state index contributed by atoms with van der Waals surface area (Å²) in [5, 5.41) is 0. The fourth-order valence-corrected chi connectivity index (χ4v) is 6.84. The van der Waals surface area contributed by atoms with Gasteiger partial charge in [-0.05, 0) is 24.6 Å². The van der Waals surface area contributed by atoms with Crippen LogP contribution >= 0.6 is 0 Å². The summed E-state index contributed by atoms with van der Waals surface area (Å²) in [5.41, 5.74) is 0. The normalized spacial score (nSPS) is 12.0. The molecule has 15 heavy (non-hydrogen) atoms. The number of hydrogen-bond acceptors (Lipinski definition) is 1. The van der Waals surface area contributed by atoms with Gasteiger partial charge in [0.05, 0.1) is 0 Å². The fraction of sp³-hybridized carbons (Fsp3) is 0.923. The molecule has 0 spiro atoms. The third-order valence-electron chi connectivity index (χ3n) is 2.92. The van der Waals surface area contributed by atoms with Crippen LogP contribution in [0.2, 0.25) is 18.1 Å². The van der Waals surface area contributed by atoms with Crippen molar-refractivity contribution < 1.29 is 4.43 Å². The molecule has 0 atom stereocenters. The lowest BCUT2D eigenvalue weighted by atomic mass is 10.4. The maximum absolute atomic E-state index is 6.29. The van der Waals surface area contributed by atoms with E-state index in [9.17, 15) is 0 Å². The molecule has 0 amide bonds. The molecule has 91 valence electrons. The molecule has 0 aromatic heterocycles. The summed E-state index contributed by atoms with van der Waals surface area (Å²) in [6, 6.07) is 4.06. The third kappa shape index (κ3) is 6.36. The Morgan fingerprint density at radius 2 is 1.40 bits per heavy atom. The van der Waals surface area contributed by atoms with Crippen LogP contribution in [-0.2, 0) is 4.43 Å². The molecule has 0 aromatic carbocycles. The quantitative estimate of drug-likeness (QED) is 0.386. The lowest BCUT2D eigenvalue weighted by Crippen LogP contribution is -2.38. The van der Waals surface area contributed by atoms with Crippen LogP contribution in [0.15, 0.2) is 0 Å². The summed E-state index contributed by atoms with van der Waals surface area (Å²) in [6.07, 6.45) is 6.00. The third-order valence-corrected chi connectivity index (χ3v) is 7.97. The van der Waals surface area contributed by atoms with Gasteiger partial charge in [0, 0.05) is 6.61 Å². The number of unbranched alkanes of at least 4 members (excludes halogenated alkanes) is 1. The summed E-state index contributed by atoms with van der Waals surface area (Å²) in [6.45, 7) is 11.7. The van der Waals surface area contributed by atoms with Crippen molar-refractivity contribution in [3.05, 3.63) is 6.92 Å². The highest BCUT2D eigenvalue weighted by atomic mass is 28.4. The zero-order chi connectivity index (χ0) is 11.6. The SMILES string of the molecule is [CH2]CCCO[Si](CCC)(CCC)CCC. The lowest BCUT2D eigenvalue weighted by molar-refractivity contribution is 0.290. The Bertz CT molecular complexity index is 119. The van der Waals surface area contributed by atoms with Crippen LogP contribution in [-0.4, -0.2) is 14.9 Å². The summed E-state index contributed by atoms with van der Waals surface area (Å²) in [5.74, 6) is 0. The first-order valence-electron chi connectivity index (χ1n) is 6.67. The highest BCUT2D eigenvalue weighted by molar-refractivity contribution is 6.73. The van der Waals surface area contributed by atoms with Gasteiger partial charge >= 0.3 is 0 Å². The van der Waals surface area contributed by atoms with Crippen LogP contribution in [0.25, 0.3) is 0 Å². The summed E-state index contributed by atoms with van der Waals surface area (Å²) < 4.78 is 6.29. The second kappa shape index (κ2) is 9.41. The van der Waals surface area contributed by atoms with E-state index in [0.29, 0.717) is 0 Å². The van der Waals surface area contributed by atoms with E-state index in [1.807, 2.05) is 0 Å². The van der Waals surface area contributed by atoms with E-state index in [-0.39, 0.29) is 0 Å². The van der Waals surface area contributed by atoms with E-state index in [1.54, 1.807) is 0 Å². The standard InChI is InChI=1S/C13H29OSi/c1-5-9-10-14-15(11-6-2,12-7-3)13-8-4/h1,5-13H2,2-4H3. The maximum Gasteiger partial charge on any atom is 0.192 e. The monoisotopic (exact) mass is 229 g/mol. The van der Waals surface area contributed by atoms with Crippen molar-refractivity contribution in [1.82, 2.24) is 0 Å². The average molecular weight is 229 g/mol. The molecule has 0 fully saturated rings. The van der Waals surface area contributed by atoms with Crippen LogP contribution < -0.4 is 0 Å². The van der Waals surface area contributed by atoms with Crippen LogP contribution in [0.4, 0.5) is 0 Å². The van der Waals surface area contributed by atoms with Crippen molar-refractivity contribution in [2.45, 2.75) is 71.0 Å². The van der Waals surface area contributed by atoms with Gasteiger partial charge in [-0.1, -0.05) is 53.4 Å². The van der Waals surface area contributed by atoms with Crippen molar-refractivity contribution in [2.24, 2.45) is 0 Å². The lowest BCUT2D eigenvalue weighted by Gasteiger charge is -2.31. The van der Waals surface area contributed by atoms with E-state index in [1.165, 1.54) is 37.4 Å². The minimum absolute atomic E-state index is 0.954. The van der Waals surface area contributed by atoms with Gasteiger partial charge in [-0.15, -0.1) is 0 Å². The van der Waals surface area contributed by atoms with E-state index in [4.69, 9.17) is 4.43 Å². The molecule has 1 nitrogen and oxygen atoms in total. The Balaban J connectivity index is 4.18. The molecule has 0 saturated carbocycles. The van der Waals surface area contributed by atoms with Gasteiger partial charge in [0.15, 0.2) is 8.32 Å². The van der Waals surface area contributed by atoms with Crippen molar-refractivity contribution in [3.8, 4) is 0 Å². The first-order chi connectivity index (χ1) is 7.24. The fourth-order valence-electron chi connectivity index (χ4n) is 2.35. The Labute approximate surface area is 97.7 Å². The molecule has 0 unspecified atom stereocenters. The molecule has 0 heterocycles. The molecule has 0 aliphatic heterocycles. The molecule has 0 rings (SSSR count). The molecule has 0 bridgehead atoms. The molecule has 1 radical (unpaired) electrons. The highest BCUT2D eigenvalue weighted by Gasteiger charge is 2.31. The molecular formula is C13H29OSi. The smallest absolute Gasteiger partial charge is 0.192 e. The van der Waals surface area contributed by atoms with Gasteiger partial charge in [-0.2, -0.15) is 0 Å². The summed E-state index contributed by atoms with van der Waals surface area (Å²) in [7, 11) is -1.36. The van der Waals surface area contributed by atoms with Gasteiger partial charge in [-0.3, -0.25) is 0 Å². The van der Waals surface area contributed by atoms with Crippen LogP contribution in [0.1, 0.15) is 52.9 Å². The van der Waals surface area contributed by atoms with Crippen molar-refractivity contribution in [1.29, 1.82) is 0 Å². The molecule has 0 aromatic rings. The first-order valence-corrected chi connectivity index (χ1v) is 9.20. The average Bonchev–Trinajstić information content (AvgIpc) is 2.19. The Morgan fingerprint density at radius 1 is 0.933 bits per heavy atom. The topological polar surface area (TPSA) is 9.23 Å². The second-order valence-electron chi connectivity index (χ2n) is 4.49. The van der Waals surface area contributed by atoms with Gasteiger partial charge in [0.1, 0.15) is 0 Å². The van der Waals surface area contributed by atoms with E-state index >= 15 is 0 Å². The zero-order valence-electron chi connectivity index (χ0n) is 11.0. The summed E-state index contributed by atoms with van der Waals surface area (Å²) >= 11 is 0.